The Hall–Kier alpha value is -2.56. The molecule has 0 aliphatic carbocycles. The molecule has 0 radical (unpaired) electrons. The van der Waals surface area contributed by atoms with Gasteiger partial charge in [-0.3, -0.25) is 29.5 Å². The third-order valence-corrected chi connectivity index (χ3v) is 6.16. The summed E-state index contributed by atoms with van der Waals surface area (Å²) in [6, 6.07) is 7.16. The Balaban J connectivity index is 1.55. The second-order valence-corrected chi connectivity index (χ2v) is 8.51. The van der Waals surface area contributed by atoms with E-state index in [1.807, 2.05) is 17.0 Å². The molecule has 1 amide bonds. The number of para-hydroxylation sites is 1. The van der Waals surface area contributed by atoms with E-state index in [0.29, 0.717) is 24.4 Å². The SMILES string of the molecule is CCOC(=O)C1CCCN(CN2C(=O)C3(OCC(C)([N+](=O)[O-])CO3)c3ccccc32)C1. The van der Waals surface area contributed by atoms with Crippen LogP contribution in [0.4, 0.5) is 5.69 Å². The molecule has 168 valence electrons. The van der Waals surface area contributed by atoms with Gasteiger partial charge in [0.05, 0.1) is 24.9 Å². The van der Waals surface area contributed by atoms with E-state index in [1.54, 1.807) is 24.0 Å². The van der Waals surface area contributed by atoms with Gasteiger partial charge in [-0.1, -0.05) is 18.2 Å². The van der Waals surface area contributed by atoms with Crippen LogP contribution in [0, 0.1) is 16.0 Å². The molecule has 1 unspecified atom stereocenters. The first kappa shape index (κ1) is 21.7. The van der Waals surface area contributed by atoms with Gasteiger partial charge in [-0.05, 0) is 32.4 Å². The third kappa shape index (κ3) is 3.68. The minimum Gasteiger partial charge on any atom is -0.466 e. The van der Waals surface area contributed by atoms with E-state index in [-0.39, 0.29) is 31.8 Å². The zero-order valence-corrected chi connectivity index (χ0v) is 17.7. The fourth-order valence-corrected chi connectivity index (χ4v) is 4.35. The van der Waals surface area contributed by atoms with E-state index in [0.717, 1.165) is 19.4 Å². The number of ether oxygens (including phenoxy) is 3. The second kappa shape index (κ2) is 8.18. The first-order valence-corrected chi connectivity index (χ1v) is 10.5. The minimum absolute atomic E-state index is 0.213. The number of hydrogen-bond donors (Lipinski definition) is 0. The van der Waals surface area contributed by atoms with Gasteiger partial charge in [0.2, 0.25) is 0 Å². The molecule has 1 spiro atoms. The first-order chi connectivity index (χ1) is 14.8. The zero-order chi connectivity index (χ0) is 22.2. The van der Waals surface area contributed by atoms with Crippen molar-refractivity contribution in [3.8, 4) is 0 Å². The van der Waals surface area contributed by atoms with Crippen molar-refractivity contribution in [2.24, 2.45) is 5.92 Å². The number of rotatable bonds is 5. The van der Waals surface area contributed by atoms with Crippen LogP contribution in [0.2, 0.25) is 0 Å². The van der Waals surface area contributed by atoms with Gasteiger partial charge >= 0.3 is 5.97 Å². The number of carbonyl (C=O) groups excluding carboxylic acids is 2. The van der Waals surface area contributed by atoms with Crippen LogP contribution in [-0.2, 0) is 29.6 Å². The van der Waals surface area contributed by atoms with E-state index in [1.165, 1.54) is 6.92 Å². The van der Waals surface area contributed by atoms with Crippen LogP contribution < -0.4 is 4.90 Å². The molecule has 0 aromatic heterocycles. The Labute approximate surface area is 180 Å². The number of benzene rings is 1. The van der Waals surface area contributed by atoms with Gasteiger partial charge in [-0.15, -0.1) is 0 Å². The number of amides is 1. The predicted molar refractivity (Wildman–Crippen MR) is 109 cm³/mol. The maximum Gasteiger partial charge on any atom is 0.310 e. The van der Waals surface area contributed by atoms with Crippen molar-refractivity contribution in [3.63, 3.8) is 0 Å². The van der Waals surface area contributed by atoms with Crippen molar-refractivity contribution in [3.05, 3.63) is 39.9 Å². The summed E-state index contributed by atoms with van der Waals surface area (Å²) in [6.07, 6.45) is 1.59. The van der Waals surface area contributed by atoms with Crippen molar-refractivity contribution < 1.29 is 28.7 Å². The smallest absolute Gasteiger partial charge is 0.310 e. The Morgan fingerprint density at radius 2 is 2.03 bits per heavy atom. The lowest BCUT2D eigenvalue weighted by atomic mass is 9.98. The fourth-order valence-electron chi connectivity index (χ4n) is 4.35. The van der Waals surface area contributed by atoms with Crippen LogP contribution in [0.5, 0.6) is 0 Å². The summed E-state index contributed by atoms with van der Waals surface area (Å²) in [6.45, 7) is 4.61. The largest absolute Gasteiger partial charge is 0.466 e. The molecular formula is C21H27N3O7. The van der Waals surface area contributed by atoms with Crippen LogP contribution in [0.3, 0.4) is 0 Å². The number of nitrogens with zero attached hydrogens (tertiary/aromatic N) is 3. The number of piperidine rings is 1. The molecule has 3 aliphatic rings. The van der Waals surface area contributed by atoms with Gasteiger partial charge in [0.15, 0.2) is 0 Å². The van der Waals surface area contributed by atoms with Crippen LogP contribution in [0.25, 0.3) is 0 Å². The molecule has 0 saturated carbocycles. The predicted octanol–water partition coefficient (Wildman–Crippen LogP) is 1.50. The van der Waals surface area contributed by atoms with Gasteiger partial charge in [0.1, 0.15) is 13.2 Å². The molecule has 1 aromatic carbocycles. The lowest BCUT2D eigenvalue weighted by Gasteiger charge is -2.38. The molecule has 4 rings (SSSR count). The molecule has 31 heavy (non-hydrogen) atoms. The van der Waals surface area contributed by atoms with Crippen LogP contribution in [0.15, 0.2) is 24.3 Å². The molecular weight excluding hydrogens is 406 g/mol. The van der Waals surface area contributed by atoms with E-state index in [4.69, 9.17) is 14.2 Å². The molecule has 1 atom stereocenters. The summed E-state index contributed by atoms with van der Waals surface area (Å²) < 4.78 is 16.8. The molecule has 3 aliphatic heterocycles. The Kier molecular flexibility index (Phi) is 5.71. The van der Waals surface area contributed by atoms with Crippen LogP contribution in [-0.4, -0.2) is 66.8 Å². The molecule has 3 heterocycles. The summed E-state index contributed by atoms with van der Waals surface area (Å²) in [5, 5.41) is 11.4. The minimum atomic E-state index is -1.68. The van der Waals surface area contributed by atoms with E-state index in [9.17, 15) is 19.7 Å². The maximum absolute atomic E-state index is 13.5. The summed E-state index contributed by atoms with van der Waals surface area (Å²) >= 11 is 0. The summed E-state index contributed by atoms with van der Waals surface area (Å²) in [5.41, 5.74) is -0.215. The average molecular weight is 433 g/mol. The Bertz CT molecular complexity index is 881. The quantitative estimate of drug-likeness (QED) is 0.390. The van der Waals surface area contributed by atoms with E-state index >= 15 is 0 Å². The fraction of sp³-hybridized carbons (Fsp3) is 0.619. The highest BCUT2D eigenvalue weighted by Gasteiger charge is 2.60. The van der Waals surface area contributed by atoms with Crippen molar-refractivity contribution in [1.82, 2.24) is 4.90 Å². The zero-order valence-electron chi connectivity index (χ0n) is 17.7. The number of hydrogen-bond acceptors (Lipinski definition) is 8. The van der Waals surface area contributed by atoms with Crippen molar-refractivity contribution in [2.45, 2.75) is 38.0 Å². The van der Waals surface area contributed by atoms with Crippen molar-refractivity contribution in [2.75, 3.05) is 44.5 Å². The summed E-state index contributed by atoms with van der Waals surface area (Å²) in [5.74, 6) is -2.52. The highest BCUT2D eigenvalue weighted by atomic mass is 16.7. The monoisotopic (exact) mass is 433 g/mol. The van der Waals surface area contributed by atoms with Crippen LogP contribution >= 0.6 is 0 Å². The molecule has 10 heteroatoms. The lowest BCUT2D eigenvalue weighted by Crippen LogP contribution is -2.58. The Morgan fingerprint density at radius 1 is 1.32 bits per heavy atom. The molecule has 2 fully saturated rings. The van der Waals surface area contributed by atoms with Crippen LogP contribution in [0.1, 0.15) is 32.3 Å². The highest BCUT2D eigenvalue weighted by Crippen LogP contribution is 2.46. The van der Waals surface area contributed by atoms with E-state index in [2.05, 4.69) is 0 Å². The topological polar surface area (TPSA) is 111 Å². The average Bonchev–Trinajstić information content (AvgIpc) is 2.99. The van der Waals surface area contributed by atoms with Gasteiger partial charge < -0.3 is 14.2 Å². The summed E-state index contributed by atoms with van der Waals surface area (Å²) in [4.78, 5) is 40.2. The second-order valence-electron chi connectivity index (χ2n) is 8.51. The van der Waals surface area contributed by atoms with Crippen molar-refractivity contribution in [1.29, 1.82) is 0 Å². The van der Waals surface area contributed by atoms with Crippen molar-refractivity contribution >= 4 is 17.6 Å². The molecule has 0 N–H and O–H groups in total. The number of fused-ring (bicyclic) bond motifs is 2. The number of anilines is 1. The number of carbonyl (C=O) groups is 2. The molecule has 10 nitrogen and oxygen atoms in total. The molecule has 2 saturated heterocycles. The Morgan fingerprint density at radius 3 is 2.71 bits per heavy atom. The normalized spacial score (nSPS) is 31.0. The standard InChI is InChI=1S/C21H27N3O7/c1-3-29-18(25)15-7-6-10-22(11-15)14-23-17-9-5-4-8-16(17)21(19(23)26)30-12-20(2,13-31-21)24(27)28/h4-5,8-9,15H,3,6-7,10-14H2,1-2H3. The van der Waals surface area contributed by atoms with E-state index < -0.39 is 22.2 Å². The highest BCUT2D eigenvalue weighted by molar-refractivity contribution is 6.06. The van der Waals surface area contributed by atoms with Gasteiger partial charge in [0.25, 0.3) is 17.2 Å². The summed E-state index contributed by atoms with van der Waals surface area (Å²) in [7, 11) is 0. The molecule has 1 aromatic rings. The lowest BCUT2D eigenvalue weighted by molar-refractivity contribution is -0.590. The third-order valence-electron chi connectivity index (χ3n) is 6.16. The number of likely N-dealkylation sites (tertiary alicyclic amines) is 1. The van der Waals surface area contributed by atoms with Gasteiger partial charge in [-0.25, -0.2) is 0 Å². The first-order valence-electron chi connectivity index (χ1n) is 10.5. The number of nitro groups is 1. The van der Waals surface area contributed by atoms with Gasteiger partial charge in [-0.2, -0.15) is 0 Å². The van der Waals surface area contributed by atoms with Gasteiger partial charge in [0, 0.05) is 24.0 Å². The number of esters is 1. The molecule has 0 bridgehead atoms. The maximum atomic E-state index is 13.5.